The summed E-state index contributed by atoms with van der Waals surface area (Å²) in [6, 6.07) is 7.11. The molecule has 0 saturated carbocycles. The lowest BCUT2D eigenvalue weighted by Crippen LogP contribution is -2.22. The van der Waals surface area contributed by atoms with Gasteiger partial charge in [-0.15, -0.1) is 11.3 Å². The maximum atomic E-state index is 12.6. The number of aryl methyl sites for hydroxylation is 1. The minimum Gasteiger partial charge on any atom is -0.496 e. The van der Waals surface area contributed by atoms with Crippen molar-refractivity contribution in [1.82, 2.24) is 10.3 Å². The number of aromatic nitrogens is 1. The van der Waals surface area contributed by atoms with Crippen LogP contribution in [0, 0.1) is 6.92 Å². The van der Waals surface area contributed by atoms with E-state index in [0.29, 0.717) is 21.9 Å². The molecule has 2 heterocycles. The van der Waals surface area contributed by atoms with Crippen LogP contribution in [0.15, 0.2) is 35.0 Å². The van der Waals surface area contributed by atoms with Crippen molar-refractivity contribution in [1.29, 1.82) is 0 Å². The Morgan fingerprint density at radius 2 is 2.04 bits per heavy atom. The lowest BCUT2D eigenvalue weighted by Gasteiger charge is -2.10. The molecule has 140 valence electrons. The van der Waals surface area contributed by atoms with E-state index in [0.717, 1.165) is 16.1 Å². The Morgan fingerprint density at radius 1 is 1.22 bits per heavy atom. The Morgan fingerprint density at radius 3 is 2.70 bits per heavy atom. The second kappa shape index (κ2) is 8.32. The fourth-order valence-corrected chi connectivity index (χ4v) is 4.21. The smallest absolute Gasteiger partial charge is 0.341 e. The van der Waals surface area contributed by atoms with Gasteiger partial charge in [-0.2, -0.15) is 11.3 Å². The van der Waals surface area contributed by atoms with Gasteiger partial charge in [0, 0.05) is 17.5 Å². The Balaban J connectivity index is 1.74. The van der Waals surface area contributed by atoms with Gasteiger partial charge in [0.1, 0.15) is 21.2 Å². The van der Waals surface area contributed by atoms with Crippen LogP contribution in [-0.4, -0.2) is 31.1 Å². The predicted octanol–water partition coefficient (Wildman–Crippen LogP) is 3.91. The van der Waals surface area contributed by atoms with Crippen molar-refractivity contribution in [2.75, 3.05) is 14.2 Å². The van der Waals surface area contributed by atoms with Gasteiger partial charge >= 0.3 is 5.97 Å². The maximum absolute atomic E-state index is 12.6. The zero-order valence-electron chi connectivity index (χ0n) is 15.1. The molecule has 8 heteroatoms. The number of carbonyl (C=O) groups excluding carboxylic acids is 2. The lowest BCUT2D eigenvalue weighted by molar-refractivity contribution is 0.0597. The molecule has 0 aliphatic rings. The topological polar surface area (TPSA) is 77.5 Å². The zero-order valence-corrected chi connectivity index (χ0v) is 16.7. The van der Waals surface area contributed by atoms with Crippen molar-refractivity contribution in [2.45, 2.75) is 13.5 Å². The molecule has 0 atom stereocenters. The quantitative estimate of drug-likeness (QED) is 0.633. The summed E-state index contributed by atoms with van der Waals surface area (Å²) in [4.78, 5) is 29.5. The van der Waals surface area contributed by atoms with Crippen molar-refractivity contribution in [3.63, 3.8) is 0 Å². The molecule has 3 aromatic rings. The molecule has 0 spiro atoms. The molecule has 0 bridgehead atoms. The van der Waals surface area contributed by atoms with Gasteiger partial charge in [0.2, 0.25) is 0 Å². The van der Waals surface area contributed by atoms with E-state index in [-0.39, 0.29) is 12.5 Å². The second-order valence-corrected chi connectivity index (χ2v) is 7.43. The normalized spacial score (nSPS) is 10.5. The number of methoxy groups -OCH3 is 2. The number of ether oxygens (including phenoxy) is 2. The Labute approximate surface area is 164 Å². The number of thiazole rings is 1. The van der Waals surface area contributed by atoms with Crippen molar-refractivity contribution < 1.29 is 19.1 Å². The number of rotatable bonds is 6. The monoisotopic (exact) mass is 402 g/mol. The molecule has 2 aromatic heterocycles. The SMILES string of the molecule is COC(=O)c1cc(CNC(=O)c2sc(-c3ccsc3)nc2C)ccc1OC. The van der Waals surface area contributed by atoms with Crippen LogP contribution in [0.2, 0.25) is 0 Å². The van der Waals surface area contributed by atoms with Crippen molar-refractivity contribution in [2.24, 2.45) is 0 Å². The summed E-state index contributed by atoms with van der Waals surface area (Å²) in [5.74, 6) is -0.253. The van der Waals surface area contributed by atoms with E-state index in [1.54, 1.807) is 29.5 Å². The molecule has 0 fully saturated rings. The molecule has 27 heavy (non-hydrogen) atoms. The summed E-state index contributed by atoms with van der Waals surface area (Å²) in [5, 5.41) is 7.69. The average molecular weight is 402 g/mol. The van der Waals surface area contributed by atoms with Crippen molar-refractivity contribution in [3.05, 3.63) is 56.7 Å². The van der Waals surface area contributed by atoms with E-state index >= 15 is 0 Å². The Kier molecular flexibility index (Phi) is 5.88. The summed E-state index contributed by atoms with van der Waals surface area (Å²) in [5.41, 5.74) is 2.80. The molecule has 6 nitrogen and oxygen atoms in total. The summed E-state index contributed by atoms with van der Waals surface area (Å²) < 4.78 is 9.95. The van der Waals surface area contributed by atoms with E-state index in [1.165, 1.54) is 25.6 Å². The van der Waals surface area contributed by atoms with Gasteiger partial charge in [-0.25, -0.2) is 9.78 Å². The van der Waals surface area contributed by atoms with Gasteiger partial charge in [-0.05, 0) is 36.1 Å². The first-order valence-corrected chi connectivity index (χ1v) is 9.82. The lowest BCUT2D eigenvalue weighted by atomic mass is 10.1. The van der Waals surface area contributed by atoms with Gasteiger partial charge < -0.3 is 14.8 Å². The third kappa shape index (κ3) is 4.17. The summed E-state index contributed by atoms with van der Waals surface area (Å²) in [6.07, 6.45) is 0. The minimum absolute atomic E-state index is 0.193. The summed E-state index contributed by atoms with van der Waals surface area (Å²) >= 11 is 2.96. The molecule has 0 aliphatic carbocycles. The van der Waals surface area contributed by atoms with Crippen molar-refractivity contribution >= 4 is 34.6 Å². The molecule has 0 aliphatic heterocycles. The van der Waals surface area contributed by atoms with E-state index in [1.807, 2.05) is 23.8 Å². The third-order valence-corrected chi connectivity index (χ3v) is 5.78. The highest BCUT2D eigenvalue weighted by molar-refractivity contribution is 7.17. The highest BCUT2D eigenvalue weighted by atomic mass is 32.1. The molecule has 0 saturated heterocycles. The standard InChI is InChI=1S/C19H18N2O4S2/c1-11-16(27-18(21-11)13-6-7-26-10-13)17(22)20-9-12-4-5-15(24-2)14(8-12)19(23)25-3/h4-8,10H,9H2,1-3H3,(H,20,22). The highest BCUT2D eigenvalue weighted by Gasteiger charge is 2.17. The first-order valence-electron chi connectivity index (χ1n) is 8.07. The number of nitrogens with zero attached hydrogens (tertiary/aromatic N) is 1. The van der Waals surface area contributed by atoms with Crippen LogP contribution in [0.5, 0.6) is 5.75 Å². The first kappa shape index (κ1) is 19.1. The number of esters is 1. The van der Waals surface area contributed by atoms with Crippen LogP contribution < -0.4 is 10.1 Å². The summed E-state index contributed by atoms with van der Waals surface area (Å²) in [6.45, 7) is 2.10. The first-order chi connectivity index (χ1) is 13.0. The zero-order chi connectivity index (χ0) is 19.4. The van der Waals surface area contributed by atoms with E-state index in [9.17, 15) is 9.59 Å². The number of hydrogen-bond acceptors (Lipinski definition) is 7. The third-order valence-electron chi connectivity index (χ3n) is 3.89. The summed E-state index contributed by atoms with van der Waals surface area (Å²) in [7, 11) is 2.80. The van der Waals surface area contributed by atoms with Gasteiger partial charge in [-0.3, -0.25) is 4.79 Å². The number of amides is 1. The molecular formula is C19H18N2O4S2. The van der Waals surface area contributed by atoms with E-state index in [4.69, 9.17) is 9.47 Å². The molecular weight excluding hydrogens is 384 g/mol. The highest BCUT2D eigenvalue weighted by Crippen LogP contribution is 2.29. The number of thiophene rings is 1. The molecule has 0 radical (unpaired) electrons. The fraction of sp³-hybridized carbons (Fsp3) is 0.211. The van der Waals surface area contributed by atoms with Gasteiger partial charge in [-0.1, -0.05) is 6.07 Å². The molecule has 0 unspecified atom stereocenters. The fourth-order valence-electron chi connectivity index (χ4n) is 2.51. The molecule has 1 amide bonds. The van der Waals surface area contributed by atoms with E-state index < -0.39 is 5.97 Å². The van der Waals surface area contributed by atoms with Crippen LogP contribution in [-0.2, 0) is 11.3 Å². The van der Waals surface area contributed by atoms with Crippen LogP contribution in [0.25, 0.3) is 10.6 Å². The molecule has 3 rings (SSSR count). The Hall–Kier alpha value is -2.71. The maximum Gasteiger partial charge on any atom is 0.341 e. The van der Waals surface area contributed by atoms with Crippen LogP contribution in [0.1, 0.15) is 31.3 Å². The van der Waals surface area contributed by atoms with Crippen LogP contribution in [0.3, 0.4) is 0 Å². The number of benzene rings is 1. The molecule has 1 N–H and O–H groups in total. The molecule has 1 aromatic carbocycles. The minimum atomic E-state index is -0.487. The van der Waals surface area contributed by atoms with Gasteiger partial charge in [0.15, 0.2) is 0 Å². The largest absolute Gasteiger partial charge is 0.496 e. The van der Waals surface area contributed by atoms with Gasteiger partial charge in [0.25, 0.3) is 5.91 Å². The predicted molar refractivity (Wildman–Crippen MR) is 106 cm³/mol. The van der Waals surface area contributed by atoms with Crippen LogP contribution in [0.4, 0.5) is 0 Å². The number of carbonyl (C=O) groups is 2. The van der Waals surface area contributed by atoms with Gasteiger partial charge in [0.05, 0.1) is 19.9 Å². The Bertz CT molecular complexity index is 964. The average Bonchev–Trinajstić information content (AvgIpc) is 3.34. The number of hydrogen-bond donors (Lipinski definition) is 1. The van der Waals surface area contributed by atoms with Crippen molar-refractivity contribution in [3.8, 4) is 16.3 Å². The number of nitrogens with one attached hydrogen (secondary N) is 1. The van der Waals surface area contributed by atoms with Crippen LogP contribution >= 0.6 is 22.7 Å². The van der Waals surface area contributed by atoms with E-state index in [2.05, 4.69) is 10.3 Å². The second-order valence-electron chi connectivity index (χ2n) is 5.65.